The number of hydrogen-bond acceptors (Lipinski definition) is 3. The van der Waals surface area contributed by atoms with Crippen LogP contribution in [0.3, 0.4) is 0 Å². The van der Waals surface area contributed by atoms with E-state index in [1.807, 2.05) is 73.7 Å². The summed E-state index contributed by atoms with van der Waals surface area (Å²) in [6, 6.07) is 21.7. The van der Waals surface area contributed by atoms with Crippen molar-refractivity contribution in [3.05, 3.63) is 87.4 Å². The van der Waals surface area contributed by atoms with Crippen molar-refractivity contribution in [1.82, 2.24) is 0 Å². The Morgan fingerprint density at radius 2 is 1.67 bits per heavy atom. The molecule has 0 heterocycles. The van der Waals surface area contributed by atoms with Crippen LogP contribution in [0.5, 0.6) is 11.5 Å². The van der Waals surface area contributed by atoms with E-state index in [4.69, 9.17) is 21.1 Å². The molecule has 0 radical (unpaired) electrons. The van der Waals surface area contributed by atoms with Crippen LogP contribution in [0.2, 0.25) is 5.02 Å². The predicted molar refractivity (Wildman–Crippen MR) is 115 cm³/mol. The van der Waals surface area contributed by atoms with Gasteiger partial charge in [0.25, 0.3) is 0 Å². The molecule has 1 N–H and O–H groups in total. The molecule has 0 aromatic heterocycles. The second-order valence-corrected chi connectivity index (χ2v) is 7.31. The number of anilines is 1. The maximum absolute atomic E-state index is 6.14. The van der Waals surface area contributed by atoms with Crippen molar-refractivity contribution in [3.8, 4) is 11.5 Å². The summed E-state index contributed by atoms with van der Waals surface area (Å²) < 4.78 is 13.0. The smallest absolute Gasteiger partial charge is 0.166 e. The molecule has 27 heavy (non-hydrogen) atoms. The third kappa shape index (κ3) is 5.65. The molecule has 3 nitrogen and oxygen atoms in total. The first kappa shape index (κ1) is 19.6. The first-order valence-corrected chi connectivity index (χ1v) is 9.94. The second kappa shape index (κ2) is 9.67. The Hall–Kier alpha value is -2.17. The quantitative estimate of drug-likeness (QED) is 0.418. The summed E-state index contributed by atoms with van der Waals surface area (Å²) in [5, 5.41) is 4.15. The zero-order valence-electron chi connectivity index (χ0n) is 15.0. The average molecular weight is 447 g/mol. The van der Waals surface area contributed by atoms with Gasteiger partial charge in [0.2, 0.25) is 0 Å². The van der Waals surface area contributed by atoms with Gasteiger partial charge in [-0.1, -0.05) is 51.8 Å². The highest BCUT2D eigenvalue weighted by atomic mass is 79.9. The molecule has 140 valence electrons. The Kier molecular flexibility index (Phi) is 7.02. The van der Waals surface area contributed by atoms with Crippen molar-refractivity contribution in [2.24, 2.45) is 0 Å². The number of hydrogen-bond donors (Lipinski definition) is 1. The minimum absolute atomic E-state index is 0.451. The topological polar surface area (TPSA) is 30.5 Å². The van der Waals surface area contributed by atoms with Gasteiger partial charge in [0.05, 0.1) is 6.61 Å². The maximum atomic E-state index is 6.14. The second-order valence-electron chi connectivity index (χ2n) is 5.95. The fraction of sp³-hybridized carbons (Fsp3) is 0.182. The Balaban J connectivity index is 1.76. The molecule has 0 saturated heterocycles. The summed E-state index contributed by atoms with van der Waals surface area (Å²) in [4.78, 5) is 0. The van der Waals surface area contributed by atoms with E-state index in [0.29, 0.717) is 24.8 Å². The number of ether oxygens (including phenoxy) is 2. The third-order valence-corrected chi connectivity index (χ3v) is 4.76. The van der Waals surface area contributed by atoms with Crippen LogP contribution in [-0.2, 0) is 13.2 Å². The van der Waals surface area contributed by atoms with Crippen LogP contribution in [0.1, 0.15) is 18.1 Å². The first-order chi connectivity index (χ1) is 13.2. The van der Waals surface area contributed by atoms with E-state index in [9.17, 15) is 0 Å². The summed E-state index contributed by atoms with van der Waals surface area (Å²) in [5.74, 6) is 1.51. The summed E-state index contributed by atoms with van der Waals surface area (Å²) >= 11 is 9.41. The first-order valence-electron chi connectivity index (χ1n) is 8.77. The molecular weight excluding hydrogens is 426 g/mol. The van der Waals surface area contributed by atoms with Gasteiger partial charge in [-0.05, 0) is 55.0 Å². The molecule has 0 spiro atoms. The largest absolute Gasteiger partial charge is 0.490 e. The molecular formula is C22H21BrClNO2. The van der Waals surface area contributed by atoms with E-state index < -0.39 is 0 Å². The summed E-state index contributed by atoms with van der Waals surface area (Å²) in [5.41, 5.74) is 3.14. The lowest BCUT2D eigenvalue weighted by molar-refractivity contribution is 0.267. The van der Waals surface area contributed by atoms with E-state index in [2.05, 4.69) is 21.2 Å². The molecule has 3 aromatic rings. The van der Waals surface area contributed by atoms with Gasteiger partial charge in [0.1, 0.15) is 6.61 Å². The molecule has 3 aromatic carbocycles. The Labute approximate surface area is 173 Å². The summed E-state index contributed by atoms with van der Waals surface area (Å²) in [6.45, 7) is 3.64. The molecule has 5 heteroatoms. The fourth-order valence-corrected chi connectivity index (χ4v) is 3.02. The standard InChI is InChI=1S/C22H21BrClNO2/c1-2-26-21-5-3-4-17(14-25-20-12-8-18(23)9-13-20)22(21)27-15-16-6-10-19(24)11-7-16/h3-13,25H,2,14-15H2,1H3. The Morgan fingerprint density at radius 1 is 0.926 bits per heavy atom. The lowest BCUT2D eigenvalue weighted by Gasteiger charge is -2.17. The van der Waals surface area contributed by atoms with Crippen LogP contribution in [-0.4, -0.2) is 6.61 Å². The molecule has 0 amide bonds. The van der Waals surface area contributed by atoms with Crippen LogP contribution in [0.25, 0.3) is 0 Å². The van der Waals surface area contributed by atoms with Gasteiger partial charge in [-0.2, -0.15) is 0 Å². The van der Waals surface area contributed by atoms with Gasteiger partial charge in [-0.25, -0.2) is 0 Å². The van der Waals surface area contributed by atoms with Gasteiger partial charge in [0, 0.05) is 27.3 Å². The molecule has 0 aliphatic heterocycles. The van der Waals surface area contributed by atoms with Gasteiger partial charge < -0.3 is 14.8 Å². The fourth-order valence-electron chi connectivity index (χ4n) is 2.63. The number of benzene rings is 3. The van der Waals surface area contributed by atoms with Crippen molar-refractivity contribution in [2.45, 2.75) is 20.1 Å². The highest BCUT2D eigenvalue weighted by Crippen LogP contribution is 2.33. The normalized spacial score (nSPS) is 10.5. The van der Waals surface area contributed by atoms with E-state index in [1.54, 1.807) is 0 Å². The number of rotatable bonds is 8. The van der Waals surface area contributed by atoms with Crippen molar-refractivity contribution in [2.75, 3.05) is 11.9 Å². The summed E-state index contributed by atoms with van der Waals surface area (Å²) in [7, 11) is 0. The molecule has 0 fully saturated rings. The lowest BCUT2D eigenvalue weighted by Crippen LogP contribution is -2.06. The molecule has 0 atom stereocenters. The predicted octanol–water partition coefficient (Wildman–Crippen LogP) is 6.69. The number of halogens is 2. The van der Waals surface area contributed by atoms with Crippen LogP contribution < -0.4 is 14.8 Å². The molecule has 3 rings (SSSR count). The van der Waals surface area contributed by atoms with E-state index in [-0.39, 0.29) is 0 Å². The zero-order valence-corrected chi connectivity index (χ0v) is 17.4. The summed E-state index contributed by atoms with van der Waals surface area (Å²) in [6.07, 6.45) is 0. The molecule has 0 saturated carbocycles. The molecule has 0 bridgehead atoms. The SMILES string of the molecule is CCOc1cccc(CNc2ccc(Br)cc2)c1OCc1ccc(Cl)cc1. The van der Waals surface area contributed by atoms with E-state index >= 15 is 0 Å². The maximum Gasteiger partial charge on any atom is 0.166 e. The number of para-hydroxylation sites is 1. The van der Waals surface area contributed by atoms with Gasteiger partial charge in [0.15, 0.2) is 11.5 Å². The molecule has 0 aliphatic rings. The third-order valence-electron chi connectivity index (χ3n) is 3.98. The van der Waals surface area contributed by atoms with Crippen molar-refractivity contribution < 1.29 is 9.47 Å². The van der Waals surface area contributed by atoms with Crippen LogP contribution in [0, 0.1) is 0 Å². The molecule has 0 unspecified atom stereocenters. The molecule has 0 aliphatic carbocycles. The average Bonchev–Trinajstić information content (AvgIpc) is 2.68. The van der Waals surface area contributed by atoms with Crippen molar-refractivity contribution >= 4 is 33.2 Å². The van der Waals surface area contributed by atoms with Gasteiger partial charge in [-0.3, -0.25) is 0 Å². The van der Waals surface area contributed by atoms with Crippen LogP contribution in [0.4, 0.5) is 5.69 Å². The zero-order chi connectivity index (χ0) is 19.1. The van der Waals surface area contributed by atoms with E-state index in [1.165, 1.54) is 0 Å². The van der Waals surface area contributed by atoms with E-state index in [0.717, 1.165) is 32.8 Å². The van der Waals surface area contributed by atoms with Gasteiger partial charge >= 0.3 is 0 Å². The van der Waals surface area contributed by atoms with Crippen LogP contribution >= 0.6 is 27.5 Å². The lowest BCUT2D eigenvalue weighted by atomic mass is 10.1. The Morgan fingerprint density at radius 3 is 2.37 bits per heavy atom. The van der Waals surface area contributed by atoms with Crippen LogP contribution in [0.15, 0.2) is 71.2 Å². The van der Waals surface area contributed by atoms with Crippen molar-refractivity contribution in [1.29, 1.82) is 0 Å². The monoisotopic (exact) mass is 445 g/mol. The highest BCUT2D eigenvalue weighted by Gasteiger charge is 2.11. The van der Waals surface area contributed by atoms with Gasteiger partial charge in [-0.15, -0.1) is 0 Å². The highest BCUT2D eigenvalue weighted by molar-refractivity contribution is 9.10. The van der Waals surface area contributed by atoms with Crippen molar-refractivity contribution in [3.63, 3.8) is 0 Å². The minimum Gasteiger partial charge on any atom is -0.490 e. The Bertz CT molecular complexity index is 866. The number of nitrogens with one attached hydrogen (secondary N) is 1. The minimum atomic E-state index is 0.451.